The second-order valence-corrected chi connectivity index (χ2v) is 35.6. The van der Waals surface area contributed by atoms with Crippen LogP contribution in [0.25, 0.3) is 55.0 Å². The molecule has 0 atom stereocenters. The van der Waals surface area contributed by atoms with Crippen molar-refractivity contribution in [1.29, 1.82) is 0 Å². The van der Waals surface area contributed by atoms with Crippen molar-refractivity contribution in [1.82, 2.24) is 0 Å². The Morgan fingerprint density at radius 1 is 0.369 bits per heavy atom. The van der Waals surface area contributed by atoms with E-state index < -0.39 is 21.7 Å². The monoisotopic (exact) mass is 1120 g/mol. The number of hydrogen-bond acceptors (Lipinski definition) is 6. The van der Waals surface area contributed by atoms with Crippen LogP contribution in [0.5, 0.6) is 0 Å². The standard InChI is InChI=1S/C76H65N3O3Si2/c1-75(2)57-31-17-20-34-62(57)79(63-35-21-18-32-58(63)75)64-36-22-19-33-59(64)76(80)60-47-65(77(49-25-11-9-12-26-49)51-39-43-53(44-40-51)83(3,4)5)73-69(55-29-15-23-37-67(55)81-73)71(60)72-61(76)48-66(74-70(72)56-30-16-24-38-68(56)82-74)78(50-27-13-10-14-28-50)52-41-45-54(46-42-52)84(6,7)8/h9-48,80H,1-8H3. The van der Waals surface area contributed by atoms with Gasteiger partial charge in [-0.15, -0.1) is 0 Å². The first-order chi connectivity index (χ1) is 40.6. The number of rotatable bonds is 10. The number of aliphatic hydroxyl groups is 1. The molecule has 2 aliphatic rings. The van der Waals surface area contributed by atoms with Crippen molar-refractivity contribution in [3.8, 4) is 11.1 Å². The molecule has 0 spiro atoms. The fourth-order valence-corrected chi connectivity index (χ4v) is 16.1. The van der Waals surface area contributed by atoms with Gasteiger partial charge in [0.25, 0.3) is 0 Å². The molecule has 0 saturated heterocycles. The number of para-hydroxylation sites is 7. The van der Waals surface area contributed by atoms with Crippen molar-refractivity contribution in [3.05, 3.63) is 270 Å². The Morgan fingerprint density at radius 2 is 0.702 bits per heavy atom. The summed E-state index contributed by atoms with van der Waals surface area (Å²) >= 11 is 0. The molecule has 13 aromatic rings. The Kier molecular flexibility index (Phi) is 11.6. The second-order valence-electron chi connectivity index (χ2n) is 25.4. The van der Waals surface area contributed by atoms with Gasteiger partial charge in [0.05, 0.1) is 44.6 Å². The lowest BCUT2D eigenvalue weighted by molar-refractivity contribution is 0.131. The predicted molar refractivity (Wildman–Crippen MR) is 357 cm³/mol. The minimum Gasteiger partial charge on any atom is -0.454 e. The summed E-state index contributed by atoms with van der Waals surface area (Å²) in [5, 5.41) is 22.2. The van der Waals surface area contributed by atoms with Gasteiger partial charge in [-0.3, -0.25) is 0 Å². The van der Waals surface area contributed by atoms with Gasteiger partial charge in [0.15, 0.2) is 11.2 Å². The van der Waals surface area contributed by atoms with Gasteiger partial charge in [0.1, 0.15) is 16.8 Å². The third kappa shape index (κ3) is 7.77. The van der Waals surface area contributed by atoms with E-state index in [1.165, 1.54) is 21.5 Å². The van der Waals surface area contributed by atoms with Crippen LogP contribution in [0.1, 0.15) is 41.7 Å². The van der Waals surface area contributed by atoms with E-state index in [0.717, 1.165) is 123 Å². The third-order valence-corrected chi connectivity index (χ3v) is 22.1. The molecule has 0 radical (unpaired) electrons. The summed E-state index contributed by atoms with van der Waals surface area (Å²) in [6.07, 6.45) is 0. The van der Waals surface area contributed by atoms with Gasteiger partial charge in [0, 0.05) is 77.5 Å². The van der Waals surface area contributed by atoms with Crippen LogP contribution in [0.2, 0.25) is 39.3 Å². The van der Waals surface area contributed by atoms with Crippen molar-refractivity contribution in [2.75, 3.05) is 14.7 Å². The van der Waals surface area contributed by atoms with E-state index in [2.05, 4.69) is 298 Å². The normalized spacial score (nSPS) is 14.2. The zero-order valence-corrected chi connectivity index (χ0v) is 50.7. The lowest BCUT2D eigenvalue weighted by Crippen LogP contribution is -2.37. The zero-order valence-electron chi connectivity index (χ0n) is 48.7. The van der Waals surface area contributed by atoms with Gasteiger partial charge >= 0.3 is 0 Å². The Balaban J connectivity index is 1.12. The molecule has 0 saturated carbocycles. The Morgan fingerprint density at radius 3 is 1.11 bits per heavy atom. The first kappa shape index (κ1) is 51.7. The van der Waals surface area contributed by atoms with E-state index in [1.54, 1.807) is 0 Å². The molecule has 0 amide bonds. The number of hydrogen-bond donors (Lipinski definition) is 1. The summed E-state index contributed by atoms with van der Waals surface area (Å²) in [6, 6.07) is 86.8. The topological polar surface area (TPSA) is 56.2 Å². The van der Waals surface area contributed by atoms with E-state index >= 15 is 5.11 Å². The molecular formula is C76H65N3O3Si2. The molecule has 1 aliphatic heterocycles. The van der Waals surface area contributed by atoms with Crippen LogP contribution in [-0.2, 0) is 11.0 Å². The predicted octanol–water partition coefficient (Wildman–Crippen LogP) is 19.9. The maximum absolute atomic E-state index is 15.7. The molecule has 0 fully saturated rings. The summed E-state index contributed by atoms with van der Waals surface area (Å²) < 4.78 is 14.7. The van der Waals surface area contributed by atoms with Crippen molar-refractivity contribution >= 4 is 122 Å². The Hall–Kier alpha value is -9.19. The van der Waals surface area contributed by atoms with Crippen molar-refractivity contribution in [2.45, 2.75) is 64.1 Å². The van der Waals surface area contributed by atoms with Crippen LogP contribution >= 0.6 is 0 Å². The van der Waals surface area contributed by atoms with Crippen molar-refractivity contribution in [3.63, 3.8) is 0 Å². The minimum absolute atomic E-state index is 0.309. The highest BCUT2D eigenvalue weighted by Crippen LogP contribution is 2.64. The van der Waals surface area contributed by atoms with Crippen molar-refractivity contribution in [2.24, 2.45) is 0 Å². The summed E-state index contributed by atoms with van der Waals surface area (Å²) in [5.74, 6) is 0. The van der Waals surface area contributed by atoms with Gasteiger partial charge < -0.3 is 28.6 Å². The molecule has 8 heteroatoms. The van der Waals surface area contributed by atoms with Crippen LogP contribution in [0.15, 0.2) is 251 Å². The van der Waals surface area contributed by atoms with Gasteiger partial charge in [-0.05, 0) is 102 Å². The molecule has 3 heterocycles. The summed E-state index contributed by atoms with van der Waals surface area (Å²) in [4.78, 5) is 7.04. The molecule has 6 nitrogen and oxygen atoms in total. The van der Waals surface area contributed by atoms with E-state index in [9.17, 15) is 0 Å². The van der Waals surface area contributed by atoms with Crippen LogP contribution in [-0.4, -0.2) is 21.3 Å². The first-order valence-corrected chi connectivity index (χ1v) is 36.3. The molecular weight excluding hydrogens is 1060 g/mol. The number of fused-ring (bicyclic) bond motifs is 13. The van der Waals surface area contributed by atoms with E-state index in [4.69, 9.17) is 8.83 Å². The smallest absolute Gasteiger partial charge is 0.160 e. The second kappa shape index (κ2) is 18.9. The Bertz CT molecular complexity index is 4470. The van der Waals surface area contributed by atoms with Gasteiger partial charge in [0.2, 0.25) is 0 Å². The lowest BCUT2D eigenvalue weighted by atomic mass is 9.73. The molecule has 410 valence electrons. The average Bonchev–Trinajstić information content (AvgIpc) is 1.60. The number of anilines is 9. The summed E-state index contributed by atoms with van der Waals surface area (Å²) in [5.41, 5.74) is 15.8. The molecule has 1 N–H and O–H groups in total. The fraction of sp³-hybridized carbons (Fsp3) is 0.132. The highest BCUT2D eigenvalue weighted by atomic mass is 28.3. The number of furan rings is 2. The first-order valence-electron chi connectivity index (χ1n) is 29.3. The largest absolute Gasteiger partial charge is 0.454 e. The van der Waals surface area contributed by atoms with Crippen LogP contribution in [0.4, 0.5) is 51.2 Å². The number of benzene rings is 11. The summed E-state index contributed by atoms with van der Waals surface area (Å²) in [7, 11) is -3.36. The SMILES string of the molecule is CC1(C)c2ccccc2N(c2ccccc2C2(O)c3cc(N(c4ccccc4)c4ccc([Si](C)(C)C)cc4)c4oc5ccccc5c4c3-c3c2cc(N(c2ccccc2)c2ccc([Si](C)(C)C)cc2)c2oc4ccccc4c32)c2ccccc21. The maximum atomic E-state index is 15.7. The van der Waals surface area contributed by atoms with Gasteiger partial charge in [-0.25, -0.2) is 0 Å². The molecule has 15 rings (SSSR count). The Labute approximate surface area is 493 Å². The van der Waals surface area contributed by atoms with E-state index in [1.807, 2.05) is 12.1 Å². The van der Waals surface area contributed by atoms with E-state index in [-0.39, 0.29) is 5.41 Å². The molecule has 1 aliphatic carbocycles. The molecule has 2 aromatic heterocycles. The quantitative estimate of drug-likeness (QED) is 0.138. The van der Waals surface area contributed by atoms with Crippen LogP contribution < -0.4 is 25.1 Å². The summed E-state index contributed by atoms with van der Waals surface area (Å²) in [6.45, 7) is 19.0. The third-order valence-electron chi connectivity index (χ3n) is 18.0. The lowest BCUT2D eigenvalue weighted by Gasteiger charge is -2.43. The highest BCUT2D eigenvalue weighted by molar-refractivity contribution is 6.89. The molecule has 11 aromatic carbocycles. The zero-order chi connectivity index (χ0) is 57.4. The average molecular weight is 1120 g/mol. The maximum Gasteiger partial charge on any atom is 0.160 e. The number of nitrogens with zero attached hydrogens (tertiary/aromatic N) is 3. The highest BCUT2D eigenvalue weighted by Gasteiger charge is 2.50. The van der Waals surface area contributed by atoms with Crippen LogP contribution in [0, 0.1) is 0 Å². The molecule has 0 unspecified atom stereocenters. The molecule has 84 heavy (non-hydrogen) atoms. The van der Waals surface area contributed by atoms with E-state index in [0.29, 0.717) is 0 Å². The van der Waals surface area contributed by atoms with Gasteiger partial charge in [-0.1, -0.05) is 215 Å². The fourth-order valence-electron chi connectivity index (χ4n) is 13.8. The van der Waals surface area contributed by atoms with Crippen molar-refractivity contribution < 1.29 is 13.9 Å². The van der Waals surface area contributed by atoms with Crippen LogP contribution in [0.3, 0.4) is 0 Å². The van der Waals surface area contributed by atoms with Gasteiger partial charge in [-0.2, -0.15) is 0 Å². The minimum atomic E-state index is -1.84. The molecule has 0 bridgehead atoms.